The molecule has 2 aliphatic heterocycles. The van der Waals surface area contributed by atoms with Crippen molar-refractivity contribution in [2.45, 2.75) is 57.8 Å². The smallest absolute Gasteiger partial charge is 0.227 e. The summed E-state index contributed by atoms with van der Waals surface area (Å²) in [5, 5.41) is 21.8. The summed E-state index contributed by atoms with van der Waals surface area (Å²) in [6, 6.07) is 8.25. The van der Waals surface area contributed by atoms with Gasteiger partial charge >= 0.3 is 0 Å². The third kappa shape index (κ3) is 6.33. The van der Waals surface area contributed by atoms with Crippen LogP contribution in [0.3, 0.4) is 0 Å². The third-order valence-electron chi connectivity index (χ3n) is 8.83. The molecule has 0 saturated carbocycles. The van der Waals surface area contributed by atoms with E-state index >= 15 is 0 Å². The Morgan fingerprint density at radius 2 is 2.00 bits per heavy atom. The quantitative estimate of drug-likeness (QED) is 0.298. The number of anilines is 3. The Hall–Kier alpha value is -3.01. The van der Waals surface area contributed by atoms with Crippen LogP contribution in [0.5, 0.6) is 0 Å². The summed E-state index contributed by atoms with van der Waals surface area (Å²) < 4.78 is 13.9. The van der Waals surface area contributed by atoms with Gasteiger partial charge in [-0.1, -0.05) is 39.3 Å². The molecule has 42 heavy (non-hydrogen) atoms. The zero-order chi connectivity index (χ0) is 30.1. The molecule has 0 unspecified atom stereocenters. The fraction of sp³-hybridized carbons (Fsp3) is 0.533. The fourth-order valence-corrected chi connectivity index (χ4v) is 6.32. The van der Waals surface area contributed by atoms with Crippen LogP contribution in [0.15, 0.2) is 30.6 Å². The van der Waals surface area contributed by atoms with E-state index in [0.29, 0.717) is 47.7 Å². The highest BCUT2D eigenvalue weighted by molar-refractivity contribution is 6.74. The van der Waals surface area contributed by atoms with E-state index in [1.165, 1.54) is 0 Å². The van der Waals surface area contributed by atoms with Crippen LogP contribution in [-0.4, -0.2) is 79.0 Å². The number of hydrogen-bond acceptors (Lipinski definition) is 9. The number of halogens is 1. The van der Waals surface area contributed by atoms with Gasteiger partial charge in [0.2, 0.25) is 5.95 Å². The molecule has 0 radical (unpaired) electrons. The van der Waals surface area contributed by atoms with Crippen LogP contribution in [0.4, 0.5) is 17.3 Å². The Bertz CT molecular complexity index is 1470. The molecular formula is C30H41ClN8O2Si-. The normalized spacial score (nSPS) is 19.3. The first kappa shape index (κ1) is 30.4. The van der Waals surface area contributed by atoms with Crippen molar-refractivity contribution < 1.29 is 9.16 Å². The van der Waals surface area contributed by atoms with Crippen molar-refractivity contribution in [2.24, 2.45) is 0 Å². The van der Waals surface area contributed by atoms with E-state index in [1.54, 1.807) is 17.1 Å². The Kier molecular flexibility index (Phi) is 8.65. The van der Waals surface area contributed by atoms with E-state index in [0.717, 1.165) is 49.7 Å². The van der Waals surface area contributed by atoms with Gasteiger partial charge in [-0.05, 0) is 32.1 Å². The number of nitrogens with zero attached hydrogens (tertiary/aromatic N) is 6. The second-order valence-electron chi connectivity index (χ2n) is 12.9. The molecule has 2 aliphatic rings. The van der Waals surface area contributed by atoms with Crippen LogP contribution >= 0.6 is 11.6 Å². The van der Waals surface area contributed by atoms with Gasteiger partial charge in [0.05, 0.1) is 48.6 Å². The van der Waals surface area contributed by atoms with E-state index in [2.05, 4.69) is 78.5 Å². The lowest BCUT2D eigenvalue weighted by Gasteiger charge is -2.50. The fourth-order valence-electron chi connectivity index (χ4n) is 4.98. The molecule has 0 spiro atoms. The van der Waals surface area contributed by atoms with Gasteiger partial charge in [0.15, 0.2) is 5.15 Å². The molecule has 5 rings (SSSR count). The molecule has 1 atom stereocenters. The van der Waals surface area contributed by atoms with Crippen molar-refractivity contribution in [1.82, 2.24) is 24.6 Å². The van der Waals surface area contributed by atoms with Crippen LogP contribution in [0.2, 0.25) is 23.3 Å². The minimum Gasteiger partial charge on any atom is -0.564 e. The summed E-state index contributed by atoms with van der Waals surface area (Å²) in [5.41, 5.74) is 4.48. The molecule has 0 amide bonds. The summed E-state index contributed by atoms with van der Waals surface area (Å²) in [4.78, 5) is 11.5. The average molecular weight is 609 g/mol. The van der Waals surface area contributed by atoms with Gasteiger partial charge < -0.3 is 19.8 Å². The number of nitriles is 1. The first-order valence-corrected chi connectivity index (χ1v) is 17.8. The first-order valence-electron chi connectivity index (χ1n) is 14.5. The van der Waals surface area contributed by atoms with E-state index in [4.69, 9.17) is 25.7 Å². The molecule has 0 bridgehead atoms. The standard InChI is InChI=1S/C30H41ClN8O2Si/c1-29(2,3)42(5,6)41-20-30(4)19-34-26-22(17-32)15-21(16-23(26)30)24-7-8-33-28(36-24)37-25-18-35-39(27(25)31)10-9-38-11-13-40-14-12-38/h7-8,15-16,18,34H,9-14,19-20H2,1-6H3,(H,33,36,37)/q-1/t30-/m1/s1. The summed E-state index contributed by atoms with van der Waals surface area (Å²) in [5.74, 6) is 0.406. The number of aromatic nitrogens is 4. The number of hydrogen-bond donors (Lipinski definition) is 2. The van der Waals surface area contributed by atoms with Crippen LogP contribution in [0, 0.1) is 11.3 Å². The maximum atomic E-state index is 10.0. The lowest BCUT2D eigenvalue weighted by atomic mass is 9.83. The zero-order valence-corrected chi connectivity index (χ0v) is 27.2. The molecule has 10 nitrogen and oxygen atoms in total. The third-order valence-corrected chi connectivity index (χ3v) is 13.7. The molecule has 225 valence electrons. The molecule has 2 aromatic heterocycles. The number of fused-ring (bicyclic) bond motifs is 1. The Labute approximate surface area is 254 Å². The largest absolute Gasteiger partial charge is 0.564 e. The maximum Gasteiger partial charge on any atom is 0.227 e. The van der Waals surface area contributed by atoms with Gasteiger partial charge in [0, 0.05) is 50.0 Å². The first-order chi connectivity index (χ1) is 19.9. The second-order valence-corrected chi connectivity index (χ2v) is 18.1. The maximum absolute atomic E-state index is 10.0. The van der Waals surface area contributed by atoms with E-state index in [9.17, 15) is 5.26 Å². The molecule has 1 fully saturated rings. The van der Waals surface area contributed by atoms with Crippen molar-refractivity contribution in [3.05, 3.63) is 46.9 Å². The highest BCUT2D eigenvalue weighted by Crippen LogP contribution is 2.44. The highest BCUT2D eigenvalue weighted by Gasteiger charge is 2.38. The SMILES string of the molecule is CC(C)(C)[Si-](C)(C)OC[C@@]1(C)CNc2c(C#N)cc(-c3ccnc(Nc4cnn(CCN5CCOCC5)c4Cl)n3)cc21. The summed E-state index contributed by atoms with van der Waals surface area (Å²) >= 11 is 6.66. The average Bonchev–Trinajstić information content (AvgIpc) is 3.49. The van der Waals surface area contributed by atoms with Crippen molar-refractivity contribution >= 4 is 37.2 Å². The molecule has 3 aromatic rings. The summed E-state index contributed by atoms with van der Waals surface area (Å²) in [6.45, 7) is 19.7. The number of nitrogens with one attached hydrogen (secondary N) is 2. The molecule has 1 saturated heterocycles. The van der Waals surface area contributed by atoms with Crippen LogP contribution in [0.25, 0.3) is 11.3 Å². The van der Waals surface area contributed by atoms with E-state index in [-0.39, 0.29) is 10.5 Å². The predicted octanol–water partition coefficient (Wildman–Crippen LogP) is 5.65. The van der Waals surface area contributed by atoms with Gasteiger partial charge in [-0.2, -0.15) is 10.4 Å². The van der Waals surface area contributed by atoms with Crippen molar-refractivity contribution in [2.75, 3.05) is 56.6 Å². The minimum absolute atomic E-state index is 0.115. The molecule has 2 N–H and O–H groups in total. The lowest BCUT2D eigenvalue weighted by molar-refractivity contribution is 0.0360. The molecule has 4 heterocycles. The van der Waals surface area contributed by atoms with Gasteiger partial charge in [-0.15, -0.1) is 18.1 Å². The highest BCUT2D eigenvalue weighted by atomic mass is 35.5. The molecule has 0 aliphatic carbocycles. The van der Waals surface area contributed by atoms with Crippen molar-refractivity contribution in [1.29, 1.82) is 5.26 Å². The van der Waals surface area contributed by atoms with Crippen molar-refractivity contribution in [3.8, 4) is 17.3 Å². The Balaban J connectivity index is 1.35. The topological polar surface area (TPSA) is 113 Å². The van der Waals surface area contributed by atoms with Gasteiger partial charge in [-0.3, -0.25) is 9.58 Å². The number of ether oxygens (including phenoxy) is 1. The van der Waals surface area contributed by atoms with Crippen molar-refractivity contribution in [3.63, 3.8) is 0 Å². The summed E-state index contributed by atoms with van der Waals surface area (Å²) in [6.07, 6.45) is 3.40. The number of morpholine rings is 1. The van der Waals surface area contributed by atoms with Gasteiger partial charge in [0.25, 0.3) is 0 Å². The van der Waals surface area contributed by atoms with Gasteiger partial charge in [0.1, 0.15) is 6.07 Å². The van der Waals surface area contributed by atoms with E-state index < -0.39 is 8.32 Å². The van der Waals surface area contributed by atoms with Crippen LogP contribution in [0.1, 0.15) is 38.8 Å². The molecule has 1 aromatic carbocycles. The molecule has 12 heteroatoms. The number of benzene rings is 1. The minimum atomic E-state index is -1.95. The summed E-state index contributed by atoms with van der Waals surface area (Å²) in [7, 11) is -1.95. The molecular weight excluding hydrogens is 568 g/mol. The zero-order valence-electron chi connectivity index (χ0n) is 25.4. The van der Waals surface area contributed by atoms with Gasteiger partial charge in [-0.25, -0.2) is 9.97 Å². The lowest BCUT2D eigenvalue weighted by Crippen LogP contribution is -2.45. The number of rotatable bonds is 9. The Morgan fingerprint density at radius 3 is 2.71 bits per heavy atom. The second kappa shape index (κ2) is 11.9. The monoisotopic (exact) mass is 608 g/mol. The van der Waals surface area contributed by atoms with Crippen LogP contribution in [-0.2, 0) is 21.1 Å². The predicted molar refractivity (Wildman–Crippen MR) is 169 cm³/mol. The van der Waals surface area contributed by atoms with Crippen LogP contribution < -0.4 is 10.6 Å². The van der Waals surface area contributed by atoms with E-state index in [1.807, 2.05) is 12.1 Å². The Morgan fingerprint density at radius 1 is 1.24 bits per heavy atom.